The van der Waals surface area contributed by atoms with Crippen LogP contribution in [0.15, 0.2) is 32.9 Å². The van der Waals surface area contributed by atoms with Crippen LogP contribution in [0, 0.1) is 0 Å². The highest BCUT2D eigenvalue weighted by Gasteiger charge is 2.54. The van der Waals surface area contributed by atoms with Crippen molar-refractivity contribution in [1.82, 2.24) is 9.55 Å². The Morgan fingerprint density at radius 2 is 2.20 bits per heavy atom. The van der Waals surface area contributed by atoms with E-state index in [1.807, 2.05) is 4.98 Å². The van der Waals surface area contributed by atoms with Gasteiger partial charge in [0.1, 0.15) is 18.3 Å². The van der Waals surface area contributed by atoms with E-state index in [0.29, 0.717) is 0 Å². The molecular formula is C11H13BrN2O6. The molecule has 1 aliphatic rings. The Balaban J connectivity index is 2.64. The lowest BCUT2D eigenvalue weighted by Crippen LogP contribution is -2.50. The van der Waals surface area contributed by atoms with Gasteiger partial charge in [-0.2, -0.15) is 0 Å². The number of aromatic amines is 1. The zero-order chi connectivity index (χ0) is 15.1. The van der Waals surface area contributed by atoms with Crippen molar-refractivity contribution in [3.05, 3.63) is 44.2 Å². The van der Waals surface area contributed by atoms with Crippen molar-refractivity contribution >= 4 is 15.9 Å². The van der Waals surface area contributed by atoms with Gasteiger partial charge in [-0.05, 0) is 22.0 Å². The number of aliphatic hydroxyl groups excluding tert-OH is 3. The Morgan fingerprint density at radius 1 is 1.55 bits per heavy atom. The number of ether oxygens (including phenoxy) is 1. The average Bonchev–Trinajstić information content (AvgIpc) is 2.68. The number of hydrogen-bond donors (Lipinski definition) is 4. The number of rotatable bonds is 3. The van der Waals surface area contributed by atoms with Gasteiger partial charge in [0, 0.05) is 6.20 Å². The largest absolute Gasteiger partial charge is 0.394 e. The van der Waals surface area contributed by atoms with Gasteiger partial charge in [0.2, 0.25) is 0 Å². The molecule has 1 saturated heterocycles. The predicted octanol–water partition coefficient (Wildman–Crippen LogP) is -1.75. The predicted molar refractivity (Wildman–Crippen MR) is 71.2 cm³/mol. The van der Waals surface area contributed by atoms with Gasteiger partial charge in [0.05, 0.1) is 11.1 Å². The molecule has 20 heavy (non-hydrogen) atoms. The monoisotopic (exact) mass is 348 g/mol. The number of hydrogen-bond acceptors (Lipinski definition) is 6. The van der Waals surface area contributed by atoms with Crippen LogP contribution in [0.2, 0.25) is 0 Å². The summed E-state index contributed by atoms with van der Waals surface area (Å²) >= 11 is 2.96. The molecule has 0 amide bonds. The van der Waals surface area contributed by atoms with Crippen molar-refractivity contribution < 1.29 is 20.1 Å². The maximum atomic E-state index is 11.9. The fourth-order valence-corrected chi connectivity index (χ4v) is 2.45. The molecule has 0 unspecified atom stereocenters. The summed E-state index contributed by atoms with van der Waals surface area (Å²) in [5.41, 5.74) is -3.27. The van der Waals surface area contributed by atoms with Crippen molar-refractivity contribution in [1.29, 1.82) is 0 Å². The first kappa shape index (κ1) is 15.1. The summed E-state index contributed by atoms with van der Waals surface area (Å²) in [7, 11) is 0. The van der Waals surface area contributed by atoms with Gasteiger partial charge in [0.25, 0.3) is 5.56 Å². The highest BCUT2D eigenvalue weighted by molar-refractivity contribution is 9.10. The van der Waals surface area contributed by atoms with Crippen LogP contribution in [-0.2, 0) is 10.5 Å². The summed E-state index contributed by atoms with van der Waals surface area (Å²) < 4.78 is 6.32. The van der Waals surface area contributed by atoms with E-state index < -0.39 is 41.9 Å². The summed E-state index contributed by atoms with van der Waals surface area (Å²) in [4.78, 5) is 25.3. The molecule has 8 nitrogen and oxygen atoms in total. The molecule has 2 heterocycles. The Morgan fingerprint density at radius 3 is 2.70 bits per heavy atom. The SMILES string of the molecule is C=C[C@@]1(n2cc(Br)c(=O)[nH]c2=O)O[C@H](CO)[C@@H](O)[C@H]1O. The van der Waals surface area contributed by atoms with Crippen LogP contribution in [-0.4, -0.2) is 49.8 Å². The molecule has 1 aromatic heterocycles. The van der Waals surface area contributed by atoms with E-state index in [1.165, 1.54) is 0 Å². The third-order valence-electron chi connectivity index (χ3n) is 3.22. The summed E-state index contributed by atoms with van der Waals surface area (Å²) in [6.07, 6.45) is -1.77. The van der Waals surface area contributed by atoms with Gasteiger partial charge >= 0.3 is 5.69 Å². The topological polar surface area (TPSA) is 125 Å². The molecule has 1 aromatic rings. The van der Waals surface area contributed by atoms with Crippen LogP contribution >= 0.6 is 15.9 Å². The number of H-pyrrole nitrogens is 1. The van der Waals surface area contributed by atoms with E-state index in [2.05, 4.69) is 22.5 Å². The van der Waals surface area contributed by atoms with E-state index in [4.69, 9.17) is 9.84 Å². The Kier molecular flexibility index (Phi) is 3.98. The number of aromatic nitrogens is 2. The van der Waals surface area contributed by atoms with Crippen LogP contribution in [0.25, 0.3) is 0 Å². The van der Waals surface area contributed by atoms with Crippen LogP contribution in [0.4, 0.5) is 0 Å². The highest BCUT2D eigenvalue weighted by atomic mass is 79.9. The van der Waals surface area contributed by atoms with Crippen LogP contribution in [0.5, 0.6) is 0 Å². The third kappa shape index (κ3) is 2.07. The number of nitrogens with one attached hydrogen (secondary N) is 1. The second-order valence-electron chi connectivity index (χ2n) is 4.34. The van der Waals surface area contributed by atoms with E-state index >= 15 is 0 Å². The first-order chi connectivity index (χ1) is 9.37. The van der Waals surface area contributed by atoms with E-state index in [0.717, 1.165) is 16.8 Å². The molecule has 1 fully saturated rings. The molecule has 0 spiro atoms. The molecule has 0 aliphatic carbocycles. The van der Waals surface area contributed by atoms with E-state index in [1.54, 1.807) is 0 Å². The van der Waals surface area contributed by atoms with Gasteiger partial charge in [0.15, 0.2) is 5.72 Å². The minimum Gasteiger partial charge on any atom is -0.394 e. The normalized spacial score (nSPS) is 33.3. The van der Waals surface area contributed by atoms with Gasteiger partial charge < -0.3 is 20.1 Å². The first-order valence-electron chi connectivity index (χ1n) is 5.67. The molecule has 2 rings (SSSR count). The zero-order valence-corrected chi connectivity index (χ0v) is 11.8. The minimum absolute atomic E-state index is 0.0380. The second kappa shape index (κ2) is 5.26. The lowest BCUT2D eigenvalue weighted by molar-refractivity contribution is -0.115. The van der Waals surface area contributed by atoms with E-state index in [-0.39, 0.29) is 4.47 Å². The molecule has 0 bridgehead atoms. The average molecular weight is 349 g/mol. The van der Waals surface area contributed by atoms with Crippen LogP contribution in [0.3, 0.4) is 0 Å². The first-order valence-corrected chi connectivity index (χ1v) is 6.47. The Labute approximate surface area is 121 Å². The van der Waals surface area contributed by atoms with Crippen molar-refractivity contribution in [2.24, 2.45) is 0 Å². The summed E-state index contributed by atoms with van der Waals surface area (Å²) in [5, 5.41) is 29.1. The smallest absolute Gasteiger partial charge is 0.331 e. The van der Waals surface area contributed by atoms with Crippen LogP contribution in [0.1, 0.15) is 0 Å². The standard InChI is InChI=1S/C11H13BrN2O6/c1-2-11(8(17)7(16)6(4-15)20-11)14-3-5(12)9(18)13-10(14)19/h2-3,6-8,15-17H,1,4H2,(H,13,18,19)/t6-,7-,8-,11-/m1/s1. The van der Waals surface area contributed by atoms with Crippen molar-refractivity contribution in [2.75, 3.05) is 6.61 Å². The maximum absolute atomic E-state index is 11.9. The van der Waals surface area contributed by atoms with Crippen molar-refractivity contribution in [2.45, 2.75) is 24.0 Å². The number of halogens is 1. The van der Waals surface area contributed by atoms with Crippen molar-refractivity contribution in [3.63, 3.8) is 0 Å². The second-order valence-corrected chi connectivity index (χ2v) is 5.19. The minimum atomic E-state index is -1.78. The van der Waals surface area contributed by atoms with Gasteiger partial charge in [-0.1, -0.05) is 6.58 Å². The fourth-order valence-electron chi connectivity index (χ4n) is 2.15. The molecule has 1 aliphatic heterocycles. The third-order valence-corrected chi connectivity index (χ3v) is 3.78. The molecule has 0 aromatic carbocycles. The lowest BCUT2D eigenvalue weighted by Gasteiger charge is -2.30. The zero-order valence-electron chi connectivity index (χ0n) is 10.2. The number of aliphatic hydroxyl groups is 3. The summed E-state index contributed by atoms with van der Waals surface area (Å²) in [6, 6.07) is 0. The molecule has 110 valence electrons. The lowest BCUT2D eigenvalue weighted by atomic mass is 10.0. The van der Waals surface area contributed by atoms with Gasteiger partial charge in [-0.15, -0.1) is 0 Å². The summed E-state index contributed by atoms with van der Waals surface area (Å²) in [6.45, 7) is 2.94. The van der Waals surface area contributed by atoms with Gasteiger partial charge in [-0.25, -0.2) is 4.79 Å². The van der Waals surface area contributed by atoms with Gasteiger partial charge in [-0.3, -0.25) is 14.3 Å². The molecule has 0 saturated carbocycles. The molecule has 4 N–H and O–H groups in total. The summed E-state index contributed by atoms with van der Waals surface area (Å²) in [5.74, 6) is 0. The molecule has 4 atom stereocenters. The highest BCUT2D eigenvalue weighted by Crippen LogP contribution is 2.35. The molecule has 9 heteroatoms. The Hall–Kier alpha value is -1.26. The number of nitrogens with zero attached hydrogens (tertiary/aromatic N) is 1. The molecule has 0 radical (unpaired) electrons. The molecular weight excluding hydrogens is 336 g/mol. The maximum Gasteiger partial charge on any atom is 0.331 e. The fraction of sp³-hybridized carbons (Fsp3) is 0.455. The van der Waals surface area contributed by atoms with Crippen LogP contribution < -0.4 is 11.2 Å². The quantitative estimate of drug-likeness (QED) is 0.480. The Bertz CT molecular complexity index is 641. The van der Waals surface area contributed by atoms with E-state index in [9.17, 15) is 19.8 Å². The van der Waals surface area contributed by atoms with Crippen molar-refractivity contribution in [3.8, 4) is 0 Å².